The molecule has 1 aliphatic rings. The third kappa shape index (κ3) is 7.54. The number of halogens is 2. The van der Waals surface area contributed by atoms with Crippen molar-refractivity contribution in [1.29, 1.82) is 0 Å². The van der Waals surface area contributed by atoms with Gasteiger partial charge in [-0.2, -0.15) is 0 Å². The highest BCUT2D eigenvalue weighted by Gasteiger charge is 2.23. The van der Waals surface area contributed by atoms with Crippen LogP contribution in [0.1, 0.15) is 22.4 Å². The first-order chi connectivity index (χ1) is 20.8. The molecule has 1 saturated heterocycles. The largest absolute Gasteiger partial charge is 0.495 e. The van der Waals surface area contributed by atoms with Crippen LogP contribution in [0.5, 0.6) is 11.6 Å². The zero-order valence-corrected chi connectivity index (χ0v) is 26.0. The number of hydrogen-bond acceptors (Lipinski definition) is 8. The van der Waals surface area contributed by atoms with E-state index in [1.165, 1.54) is 19.1 Å². The molecule has 5 rings (SSSR count). The normalized spacial score (nSPS) is 13.6. The SMILES string of the molecule is COc1ccc(CN(C(=O)Cc2c(Cl)ccc(OC)c2Cl)c2cc(Cc3ccc(N4CCN(C)CC4)cc3)ncn2)cn1. The number of benzene rings is 2. The molecule has 224 valence electrons. The van der Waals surface area contributed by atoms with Crippen molar-refractivity contribution in [3.8, 4) is 11.6 Å². The van der Waals surface area contributed by atoms with E-state index < -0.39 is 0 Å². The van der Waals surface area contributed by atoms with Crippen LogP contribution in [-0.4, -0.2) is 73.2 Å². The Kier molecular flexibility index (Phi) is 9.97. The molecule has 0 unspecified atom stereocenters. The standard InChI is InChI=1S/C32H34Cl2N6O3/c1-38-12-14-39(15-13-38)25-7-4-22(5-8-25)16-24-17-29(37-21-36-24)40(20-23-6-11-30(43-3)35-19-23)31(41)18-26-27(33)9-10-28(42-2)32(26)34/h4-11,17,19,21H,12-16,18,20H2,1-3H3. The highest BCUT2D eigenvalue weighted by molar-refractivity contribution is 6.37. The number of carbonyl (C=O) groups excluding carboxylic acids is 1. The lowest BCUT2D eigenvalue weighted by molar-refractivity contribution is -0.118. The lowest BCUT2D eigenvalue weighted by Gasteiger charge is -2.34. The predicted molar refractivity (Wildman–Crippen MR) is 170 cm³/mol. The molecule has 3 heterocycles. The minimum absolute atomic E-state index is 0.0501. The zero-order chi connectivity index (χ0) is 30.3. The van der Waals surface area contributed by atoms with Crippen molar-refractivity contribution in [2.24, 2.45) is 0 Å². The third-order valence-electron chi connectivity index (χ3n) is 7.52. The number of pyridine rings is 1. The van der Waals surface area contributed by atoms with Crippen molar-refractivity contribution in [3.05, 3.63) is 99.6 Å². The summed E-state index contributed by atoms with van der Waals surface area (Å²) in [5.41, 5.74) is 4.42. The summed E-state index contributed by atoms with van der Waals surface area (Å²) in [5.74, 6) is 1.16. The van der Waals surface area contributed by atoms with Crippen LogP contribution in [0.4, 0.5) is 11.5 Å². The molecule has 0 atom stereocenters. The van der Waals surface area contributed by atoms with Gasteiger partial charge < -0.3 is 19.3 Å². The predicted octanol–water partition coefficient (Wildman–Crippen LogP) is 5.31. The van der Waals surface area contributed by atoms with Crippen LogP contribution in [0.15, 0.2) is 67.1 Å². The minimum atomic E-state index is -0.242. The van der Waals surface area contributed by atoms with E-state index in [0.717, 1.165) is 43.0 Å². The fourth-order valence-electron chi connectivity index (χ4n) is 4.98. The van der Waals surface area contributed by atoms with Crippen LogP contribution < -0.4 is 19.3 Å². The summed E-state index contributed by atoms with van der Waals surface area (Å²) in [7, 11) is 5.23. The summed E-state index contributed by atoms with van der Waals surface area (Å²) >= 11 is 13.0. The number of nitrogens with zero attached hydrogens (tertiary/aromatic N) is 6. The van der Waals surface area contributed by atoms with Crippen molar-refractivity contribution in [2.75, 3.05) is 57.2 Å². The molecule has 0 aliphatic carbocycles. The van der Waals surface area contributed by atoms with Gasteiger partial charge in [-0.1, -0.05) is 41.4 Å². The summed E-state index contributed by atoms with van der Waals surface area (Å²) in [4.78, 5) is 33.5. The Hall–Kier alpha value is -3.92. The zero-order valence-electron chi connectivity index (χ0n) is 24.5. The molecule has 1 fully saturated rings. The number of aromatic nitrogens is 3. The van der Waals surface area contributed by atoms with Gasteiger partial charge in [0.1, 0.15) is 17.9 Å². The smallest absolute Gasteiger partial charge is 0.232 e. The Bertz CT molecular complexity index is 1540. The van der Waals surface area contributed by atoms with Crippen LogP contribution in [-0.2, 0) is 24.2 Å². The van der Waals surface area contributed by atoms with Gasteiger partial charge in [0.05, 0.1) is 37.9 Å². The lowest BCUT2D eigenvalue weighted by Crippen LogP contribution is -2.44. The molecule has 0 spiro atoms. The fourth-order valence-corrected chi connectivity index (χ4v) is 5.56. The van der Waals surface area contributed by atoms with Crippen LogP contribution in [0.2, 0.25) is 10.0 Å². The average molecular weight is 622 g/mol. The molecule has 1 aliphatic heterocycles. The number of likely N-dealkylation sites (N-methyl/N-ethyl adjacent to an activating group) is 1. The van der Waals surface area contributed by atoms with Gasteiger partial charge in [-0.3, -0.25) is 9.69 Å². The van der Waals surface area contributed by atoms with Crippen molar-refractivity contribution < 1.29 is 14.3 Å². The topological polar surface area (TPSA) is 83.9 Å². The average Bonchev–Trinajstić information content (AvgIpc) is 3.03. The van der Waals surface area contributed by atoms with Crippen LogP contribution in [0, 0.1) is 0 Å². The molecule has 1 amide bonds. The van der Waals surface area contributed by atoms with E-state index in [0.29, 0.717) is 39.5 Å². The summed E-state index contributed by atoms with van der Waals surface area (Å²) in [6, 6.07) is 17.4. The summed E-state index contributed by atoms with van der Waals surface area (Å²) in [5, 5.41) is 0.687. The molecule has 0 saturated carbocycles. The summed E-state index contributed by atoms with van der Waals surface area (Å²) < 4.78 is 10.5. The maximum atomic E-state index is 13.9. The molecular weight excluding hydrogens is 587 g/mol. The van der Waals surface area contributed by atoms with Gasteiger partial charge in [-0.15, -0.1) is 0 Å². The Labute approximate surface area is 262 Å². The monoisotopic (exact) mass is 620 g/mol. The number of ether oxygens (including phenoxy) is 2. The second-order valence-electron chi connectivity index (χ2n) is 10.4. The van der Waals surface area contributed by atoms with E-state index in [-0.39, 0.29) is 18.9 Å². The van der Waals surface area contributed by atoms with E-state index in [9.17, 15) is 4.79 Å². The molecule has 2 aromatic carbocycles. The lowest BCUT2D eigenvalue weighted by atomic mass is 10.1. The van der Waals surface area contributed by atoms with Gasteiger partial charge in [0.2, 0.25) is 11.8 Å². The first-order valence-electron chi connectivity index (χ1n) is 14.0. The first kappa shape index (κ1) is 30.5. The molecule has 11 heteroatoms. The fraction of sp³-hybridized carbons (Fsp3) is 0.312. The molecule has 9 nitrogen and oxygen atoms in total. The van der Waals surface area contributed by atoms with Crippen molar-refractivity contribution in [2.45, 2.75) is 19.4 Å². The van der Waals surface area contributed by atoms with E-state index >= 15 is 0 Å². The van der Waals surface area contributed by atoms with Gasteiger partial charge in [0.25, 0.3) is 0 Å². The van der Waals surface area contributed by atoms with Crippen molar-refractivity contribution >= 4 is 40.6 Å². The molecular formula is C32H34Cl2N6O3. The Balaban J connectivity index is 1.39. The van der Waals surface area contributed by atoms with Gasteiger partial charge in [-0.25, -0.2) is 15.0 Å². The molecule has 0 N–H and O–H groups in total. The second kappa shape index (κ2) is 14.0. The molecule has 2 aromatic heterocycles. The van der Waals surface area contributed by atoms with Crippen molar-refractivity contribution in [1.82, 2.24) is 19.9 Å². The van der Waals surface area contributed by atoms with E-state index in [2.05, 4.69) is 56.1 Å². The number of carbonyl (C=O) groups is 1. The summed E-state index contributed by atoms with van der Waals surface area (Å²) in [6.45, 7) is 4.38. The maximum Gasteiger partial charge on any atom is 0.232 e. The van der Waals surface area contributed by atoms with Crippen molar-refractivity contribution in [3.63, 3.8) is 0 Å². The van der Waals surface area contributed by atoms with Gasteiger partial charge in [0.15, 0.2) is 0 Å². The number of piperazine rings is 1. The van der Waals surface area contributed by atoms with Gasteiger partial charge in [0, 0.05) is 67.2 Å². The molecule has 43 heavy (non-hydrogen) atoms. The van der Waals surface area contributed by atoms with Crippen LogP contribution in [0.3, 0.4) is 0 Å². The van der Waals surface area contributed by atoms with Crippen LogP contribution in [0.25, 0.3) is 0 Å². The number of amides is 1. The Morgan fingerprint density at radius 1 is 0.907 bits per heavy atom. The summed E-state index contributed by atoms with van der Waals surface area (Å²) in [6.07, 6.45) is 3.71. The van der Waals surface area contributed by atoms with E-state index in [4.69, 9.17) is 32.7 Å². The first-order valence-corrected chi connectivity index (χ1v) is 14.7. The quantitative estimate of drug-likeness (QED) is 0.236. The molecule has 0 bridgehead atoms. The Morgan fingerprint density at radius 3 is 2.33 bits per heavy atom. The maximum absolute atomic E-state index is 13.9. The number of hydrogen-bond donors (Lipinski definition) is 0. The molecule has 4 aromatic rings. The second-order valence-corrected chi connectivity index (χ2v) is 11.2. The molecule has 0 radical (unpaired) electrons. The number of methoxy groups -OCH3 is 2. The highest BCUT2D eigenvalue weighted by atomic mass is 35.5. The van der Waals surface area contributed by atoms with E-state index in [1.54, 1.807) is 36.4 Å². The minimum Gasteiger partial charge on any atom is -0.495 e. The van der Waals surface area contributed by atoms with E-state index in [1.807, 2.05) is 12.1 Å². The van der Waals surface area contributed by atoms with Gasteiger partial charge in [-0.05, 0) is 42.4 Å². The van der Waals surface area contributed by atoms with Gasteiger partial charge >= 0.3 is 0 Å². The van der Waals surface area contributed by atoms with Crippen LogP contribution >= 0.6 is 23.2 Å². The number of rotatable bonds is 10. The number of anilines is 2. The highest BCUT2D eigenvalue weighted by Crippen LogP contribution is 2.34. The Morgan fingerprint density at radius 2 is 1.65 bits per heavy atom. The third-order valence-corrected chi connectivity index (χ3v) is 8.29.